The molecule has 18 heteroatoms. The zero-order chi connectivity index (χ0) is 33.0. The zero-order valence-corrected chi connectivity index (χ0v) is 26.2. The first-order chi connectivity index (χ1) is 19.8. The van der Waals surface area contributed by atoms with Crippen molar-refractivity contribution in [2.24, 2.45) is 5.73 Å². The van der Waals surface area contributed by atoms with Gasteiger partial charge in [-0.3, -0.25) is 28.8 Å². The number of hydrogen-bond donors (Lipinski definition) is 2. The number of amides is 1. The van der Waals surface area contributed by atoms with Crippen LogP contribution in [0.25, 0.3) is 0 Å². The van der Waals surface area contributed by atoms with Crippen molar-refractivity contribution in [2.75, 3.05) is 13.2 Å². The van der Waals surface area contributed by atoms with E-state index in [0.29, 0.717) is 0 Å². The third-order valence-electron chi connectivity index (χ3n) is 6.39. The molecule has 2 aliphatic rings. The van der Waals surface area contributed by atoms with E-state index < -0.39 is 101 Å². The van der Waals surface area contributed by atoms with Crippen molar-refractivity contribution in [3.63, 3.8) is 0 Å². The summed E-state index contributed by atoms with van der Waals surface area (Å²) >= 11 is 6.42. The average Bonchev–Trinajstić information content (AvgIpc) is 3.09. The van der Waals surface area contributed by atoms with Gasteiger partial charge in [-0.1, -0.05) is 0 Å². The lowest BCUT2D eigenvalue weighted by Crippen LogP contribution is -2.73. The van der Waals surface area contributed by atoms with Gasteiger partial charge in [-0.2, -0.15) is 0 Å². The lowest BCUT2D eigenvalue weighted by atomic mass is 9.94. The van der Waals surface area contributed by atoms with Crippen LogP contribution < -0.4 is 5.73 Å². The van der Waals surface area contributed by atoms with Crippen molar-refractivity contribution >= 4 is 70.8 Å². The van der Waals surface area contributed by atoms with Crippen LogP contribution in [-0.2, 0) is 57.2 Å². The SMILES string of the molecule is CC(=O)OC[C@@H](OC(C)=O)[C@@H](OC(C)=O)[C@H](OC(C)=O)[C@H](CN(C(N)=S)[C@@H]1C(=O)N2[C@@H]1SC(C)(C)[C@@H]2C(=O)O)OC(C)=O. The van der Waals surface area contributed by atoms with Gasteiger partial charge in [-0.15, -0.1) is 11.8 Å². The number of carbonyl (C=O) groups is 7. The number of carboxylic acids is 1. The summed E-state index contributed by atoms with van der Waals surface area (Å²) in [6.07, 6.45) is -6.53. The second-order valence-corrected chi connectivity index (χ2v) is 12.5. The minimum absolute atomic E-state index is 0.339. The van der Waals surface area contributed by atoms with Gasteiger partial charge in [0.05, 0.1) is 6.54 Å². The Morgan fingerprint density at radius 3 is 1.79 bits per heavy atom. The summed E-state index contributed by atoms with van der Waals surface area (Å²) in [7, 11) is 0. The van der Waals surface area contributed by atoms with E-state index in [0.717, 1.165) is 34.6 Å². The highest BCUT2D eigenvalue weighted by atomic mass is 32.2. The standard InChI is InChI=1S/C25H35N3O13S2/c1-10(29)37-9-16(39-12(3)31)19(41-14(5)33)18(40-13(4)32)15(38-11(2)30)8-27(24(26)42)17-21(34)28-20(23(35)36)25(6,7)43-22(17)28/h15-20,22H,8-9H2,1-7H3,(H2,26,42)(H,35,36)/t15-,16+,17+,18+,19+,20-,22+/m0/s1. The quantitative estimate of drug-likeness (QED) is 0.109. The fourth-order valence-corrected chi connectivity index (χ4v) is 6.82. The fraction of sp³-hybridized carbons (Fsp3) is 0.680. The molecule has 0 aromatic rings. The predicted octanol–water partition coefficient (Wildman–Crippen LogP) is -0.663. The van der Waals surface area contributed by atoms with Gasteiger partial charge in [-0.25, -0.2) is 4.79 Å². The summed E-state index contributed by atoms with van der Waals surface area (Å²) in [6.45, 7) is 7.36. The number of ether oxygens (including phenoxy) is 5. The van der Waals surface area contributed by atoms with Crippen molar-refractivity contribution in [3.8, 4) is 0 Å². The molecule has 2 saturated heterocycles. The number of carbonyl (C=O) groups excluding carboxylic acids is 6. The number of thiocarbonyl (C=S) groups is 1. The van der Waals surface area contributed by atoms with Crippen LogP contribution in [0.3, 0.4) is 0 Å². The van der Waals surface area contributed by atoms with E-state index in [1.807, 2.05) is 0 Å². The number of nitrogens with two attached hydrogens (primary N) is 1. The highest BCUT2D eigenvalue weighted by Crippen LogP contribution is 2.52. The van der Waals surface area contributed by atoms with Gasteiger partial charge in [-0.05, 0) is 26.1 Å². The van der Waals surface area contributed by atoms with Gasteiger partial charge in [0.25, 0.3) is 0 Å². The first-order valence-electron chi connectivity index (χ1n) is 12.9. The van der Waals surface area contributed by atoms with Crippen LogP contribution in [0.4, 0.5) is 0 Å². The molecule has 43 heavy (non-hydrogen) atoms. The fourth-order valence-electron chi connectivity index (χ4n) is 4.94. The number of thioether (sulfide) groups is 1. The van der Waals surface area contributed by atoms with Crippen molar-refractivity contribution < 1.29 is 62.4 Å². The number of hydrogen-bond acceptors (Lipinski definition) is 14. The van der Waals surface area contributed by atoms with Crippen LogP contribution in [0.15, 0.2) is 0 Å². The molecule has 16 nitrogen and oxygen atoms in total. The van der Waals surface area contributed by atoms with Crippen LogP contribution in [0.5, 0.6) is 0 Å². The molecule has 3 N–H and O–H groups in total. The molecular weight excluding hydrogens is 614 g/mol. The molecule has 0 aromatic heterocycles. The first kappa shape index (κ1) is 35.5. The van der Waals surface area contributed by atoms with Gasteiger partial charge in [0.2, 0.25) is 5.91 Å². The maximum atomic E-state index is 13.3. The molecule has 2 aliphatic heterocycles. The molecule has 2 heterocycles. The summed E-state index contributed by atoms with van der Waals surface area (Å²) in [5.41, 5.74) is 6.00. The summed E-state index contributed by atoms with van der Waals surface area (Å²) in [5.74, 6) is -6.21. The molecule has 0 unspecified atom stereocenters. The second kappa shape index (κ2) is 14.2. The molecule has 240 valence electrons. The number of nitrogens with zero attached hydrogens (tertiary/aromatic N) is 2. The van der Waals surface area contributed by atoms with E-state index in [1.54, 1.807) is 13.8 Å². The monoisotopic (exact) mass is 649 g/mol. The number of β-lactam (4-membered cyclic amide) rings is 1. The molecule has 0 saturated carbocycles. The predicted molar refractivity (Wildman–Crippen MR) is 150 cm³/mol. The van der Waals surface area contributed by atoms with E-state index in [-0.39, 0.29) is 5.11 Å². The molecule has 2 fully saturated rings. The third kappa shape index (κ3) is 8.68. The molecule has 7 atom stereocenters. The molecule has 0 bridgehead atoms. The lowest BCUT2D eigenvalue weighted by Gasteiger charge is -2.49. The molecule has 1 amide bonds. The Balaban J connectivity index is 2.58. The normalized spacial score (nSPS) is 22.8. The van der Waals surface area contributed by atoms with Gasteiger partial charge in [0, 0.05) is 39.4 Å². The van der Waals surface area contributed by atoms with E-state index in [9.17, 15) is 38.7 Å². The Kier molecular flexibility index (Phi) is 11.7. The van der Waals surface area contributed by atoms with Crippen molar-refractivity contribution in [2.45, 2.75) is 95.1 Å². The lowest BCUT2D eigenvalue weighted by molar-refractivity contribution is -0.204. The Hall–Kier alpha value is -3.67. The van der Waals surface area contributed by atoms with Gasteiger partial charge < -0.3 is 44.3 Å². The summed E-state index contributed by atoms with van der Waals surface area (Å²) in [6, 6.07) is -2.24. The van der Waals surface area contributed by atoms with Gasteiger partial charge in [0.15, 0.2) is 29.5 Å². The number of aliphatic carboxylic acids is 1. The van der Waals surface area contributed by atoms with Crippen LogP contribution in [-0.4, -0.2) is 122 Å². The number of carboxylic acid groups (broad SMARTS) is 1. The Bertz CT molecular complexity index is 1180. The Morgan fingerprint density at radius 1 is 0.907 bits per heavy atom. The number of fused-ring (bicyclic) bond motifs is 1. The first-order valence-corrected chi connectivity index (χ1v) is 14.2. The van der Waals surface area contributed by atoms with Gasteiger partial charge >= 0.3 is 35.8 Å². The van der Waals surface area contributed by atoms with E-state index in [4.69, 9.17) is 41.6 Å². The molecule has 0 aliphatic carbocycles. The summed E-state index contributed by atoms with van der Waals surface area (Å²) < 4.78 is 25.6. The minimum atomic E-state index is -1.72. The van der Waals surface area contributed by atoms with Gasteiger partial charge in [0.1, 0.15) is 24.1 Å². The summed E-state index contributed by atoms with van der Waals surface area (Å²) in [5, 5.41) is 8.71. The van der Waals surface area contributed by atoms with E-state index in [2.05, 4.69) is 0 Å². The highest BCUT2D eigenvalue weighted by molar-refractivity contribution is 8.01. The molecular formula is C25H35N3O13S2. The molecule has 0 spiro atoms. The molecule has 0 aromatic carbocycles. The Labute approximate surface area is 256 Å². The van der Waals surface area contributed by atoms with Crippen LogP contribution in [0.1, 0.15) is 48.5 Å². The summed E-state index contributed by atoms with van der Waals surface area (Å²) in [4.78, 5) is 87.8. The van der Waals surface area contributed by atoms with Crippen molar-refractivity contribution in [1.29, 1.82) is 0 Å². The van der Waals surface area contributed by atoms with Crippen molar-refractivity contribution in [3.05, 3.63) is 0 Å². The zero-order valence-electron chi connectivity index (χ0n) is 24.6. The number of esters is 5. The minimum Gasteiger partial charge on any atom is -0.480 e. The van der Waals surface area contributed by atoms with Crippen LogP contribution >= 0.6 is 24.0 Å². The Morgan fingerprint density at radius 2 is 1.37 bits per heavy atom. The van der Waals surface area contributed by atoms with Crippen LogP contribution in [0.2, 0.25) is 0 Å². The molecule has 0 radical (unpaired) electrons. The molecule has 2 rings (SSSR count). The van der Waals surface area contributed by atoms with Crippen molar-refractivity contribution in [1.82, 2.24) is 9.80 Å². The van der Waals surface area contributed by atoms with E-state index >= 15 is 0 Å². The average molecular weight is 650 g/mol. The topological polar surface area (TPSA) is 218 Å². The highest BCUT2D eigenvalue weighted by Gasteiger charge is 2.65. The van der Waals surface area contributed by atoms with Crippen LogP contribution in [0, 0.1) is 0 Å². The second-order valence-electron chi connectivity index (χ2n) is 10.3. The van der Waals surface area contributed by atoms with E-state index in [1.165, 1.54) is 21.6 Å². The largest absolute Gasteiger partial charge is 0.480 e. The maximum absolute atomic E-state index is 13.3. The number of rotatable bonds is 13. The third-order valence-corrected chi connectivity index (χ3v) is 8.18. The maximum Gasteiger partial charge on any atom is 0.327 e. The smallest absolute Gasteiger partial charge is 0.327 e.